The van der Waals surface area contributed by atoms with Crippen molar-refractivity contribution in [2.24, 2.45) is 5.73 Å². The number of carbonyl (C=O) groups excluding carboxylic acids is 1. The summed E-state index contributed by atoms with van der Waals surface area (Å²) in [5.41, 5.74) is 8.00. The minimum absolute atomic E-state index is 0.410. The molecule has 0 aromatic heterocycles. The fourth-order valence-electron chi connectivity index (χ4n) is 1.75. The van der Waals surface area contributed by atoms with Crippen LogP contribution in [0.1, 0.15) is 11.1 Å². The lowest BCUT2D eigenvalue weighted by molar-refractivity contribution is -0.135. The van der Waals surface area contributed by atoms with Crippen molar-refractivity contribution in [2.75, 3.05) is 0 Å². The standard InChI is InChI=1S/C16H17NO2/c1-12-7-9-14(10-8-12)19-16(18)15(17)11-13-5-3-2-4-6-13/h2-10,15H,11,17H2,1H3. The lowest BCUT2D eigenvalue weighted by Crippen LogP contribution is -2.36. The van der Waals surface area contributed by atoms with Crippen LogP contribution in [0.25, 0.3) is 0 Å². The molecule has 0 fully saturated rings. The van der Waals surface area contributed by atoms with Gasteiger partial charge in [-0.05, 0) is 31.0 Å². The topological polar surface area (TPSA) is 52.3 Å². The van der Waals surface area contributed by atoms with E-state index in [9.17, 15) is 4.79 Å². The summed E-state index contributed by atoms with van der Waals surface area (Å²) in [4.78, 5) is 11.9. The van der Waals surface area contributed by atoms with Gasteiger partial charge in [-0.2, -0.15) is 0 Å². The maximum atomic E-state index is 11.9. The van der Waals surface area contributed by atoms with Crippen LogP contribution in [0.2, 0.25) is 0 Å². The molecule has 2 aromatic carbocycles. The van der Waals surface area contributed by atoms with Gasteiger partial charge in [-0.25, -0.2) is 4.79 Å². The highest BCUT2D eigenvalue weighted by atomic mass is 16.5. The zero-order valence-corrected chi connectivity index (χ0v) is 10.9. The Labute approximate surface area is 113 Å². The molecule has 98 valence electrons. The first-order valence-corrected chi connectivity index (χ1v) is 6.23. The molecule has 0 radical (unpaired) electrons. The van der Waals surface area contributed by atoms with Gasteiger partial charge in [0.05, 0.1) is 0 Å². The molecule has 0 aliphatic carbocycles. The van der Waals surface area contributed by atoms with Crippen molar-refractivity contribution in [3.05, 3.63) is 65.7 Å². The van der Waals surface area contributed by atoms with Crippen LogP contribution in [-0.2, 0) is 11.2 Å². The van der Waals surface area contributed by atoms with Gasteiger partial charge >= 0.3 is 5.97 Å². The van der Waals surface area contributed by atoms with E-state index in [-0.39, 0.29) is 0 Å². The third kappa shape index (κ3) is 3.93. The summed E-state index contributed by atoms with van der Waals surface area (Å²) in [6.07, 6.45) is 0.478. The largest absolute Gasteiger partial charge is 0.425 e. The zero-order valence-electron chi connectivity index (χ0n) is 10.9. The van der Waals surface area contributed by atoms with E-state index in [0.717, 1.165) is 11.1 Å². The highest BCUT2D eigenvalue weighted by Gasteiger charge is 2.16. The van der Waals surface area contributed by atoms with Gasteiger partial charge in [-0.3, -0.25) is 0 Å². The van der Waals surface area contributed by atoms with Crippen molar-refractivity contribution in [3.8, 4) is 5.75 Å². The number of hydrogen-bond acceptors (Lipinski definition) is 3. The highest BCUT2D eigenvalue weighted by molar-refractivity contribution is 5.78. The fourth-order valence-corrected chi connectivity index (χ4v) is 1.75. The Balaban J connectivity index is 1.94. The van der Waals surface area contributed by atoms with E-state index in [1.165, 1.54) is 0 Å². The quantitative estimate of drug-likeness (QED) is 0.674. The van der Waals surface area contributed by atoms with Crippen LogP contribution in [-0.4, -0.2) is 12.0 Å². The molecular weight excluding hydrogens is 238 g/mol. The number of ether oxygens (including phenoxy) is 1. The van der Waals surface area contributed by atoms with Crippen LogP contribution in [0.5, 0.6) is 5.75 Å². The van der Waals surface area contributed by atoms with Gasteiger partial charge in [0.1, 0.15) is 11.8 Å². The predicted octanol–water partition coefficient (Wildman–Crippen LogP) is 2.47. The minimum atomic E-state index is -0.649. The fraction of sp³-hybridized carbons (Fsp3) is 0.188. The molecule has 2 N–H and O–H groups in total. The van der Waals surface area contributed by atoms with E-state index in [4.69, 9.17) is 10.5 Å². The summed E-state index contributed by atoms with van der Waals surface area (Å²) in [7, 11) is 0. The second-order valence-corrected chi connectivity index (χ2v) is 4.53. The third-order valence-electron chi connectivity index (χ3n) is 2.84. The molecule has 0 amide bonds. The maximum Gasteiger partial charge on any atom is 0.328 e. The van der Waals surface area contributed by atoms with Gasteiger partial charge in [0.25, 0.3) is 0 Å². The Morgan fingerprint density at radius 1 is 1.11 bits per heavy atom. The number of esters is 1. The molecule has 3 nitrogen and oxygen atoms in total. The lowest BCUT2D eigenvalue weighted by Gasteiger charge is -2.11. The van der Waals surface area contributed by atoms with Gasteiger partial charge in [0.2, 0.25) is 0 Å². The number of benzene rings is 2. The van der Waals surface area contributed by atoms with E-state index in [1.54, 1.807) is 12.1 Å². The van der Waals surface area contributed by atoms with Crippen molar-refractivity contribution in [3.63, 3.8) is 0 Å². The van der Waals surface area contributed by atoms with Gasteiger partial charge in [0, 0.05) is 0 Å². The van der Waals surface area contributed by atoms with Crippen molar-refractivity contribution in [1.82, 2.24) is 0 Å². The predicted molar refractivity (Wildman–Crippen MR) is 74.9 cm³/mol. The molecule has 1 unspecified atom stereocenters. The van der Waals surface area contributed by atoms with Crippen LogP contribution in [0.15, 0.2) is 54.6 Å². The number of rotatable bonds is 4. The summed E-state index contributed by atoms with van der Waals surface area (Å²) in [5, 5.41) is 0. The van der Waals surface area contributed by atoms with Crippen LogP contribution >= 0.6 is 0 Å². The van der Waals surface area contributed by atoms with Crippen molar-refractivity contribution < 1.29 is 9.53 Å². The number of nitrogens with two attached hydrogens (primary N) is 1. The molecule has 0 saturated carbocycles. The Bertz CT molecular complexity index is 534. The molecule has 0 spiro atoms. The molecule has 0 bridgehead atoms. The van der Waals surface area contributed by atoms with Crippen molar-refractivity contribution >= 4 is 5.97 Å². The Morgan fingerprint density at radius 2 is 1.74 bits per heavy atom. The SMILES string of the molecule is Cc1ccc(OC(=O)C(N)Cc2ccccc2)cc1. The van der Waals surface area contributed by atoms with Crippen molar-refractivity contribution in [2.45, 2.75) is 19.4 Å². The first-order chi connectivity index (χ1) is 9.15. The molecule has 3 heteroatoms. The molecule has 0 heterocycles. The van der Waals surface area contributed by atoms with Gasteiger partial charge in [0.15, 0.2) is 0 Å². The van der Waals surface area contributed by atoms with Crippen LogP contribution < -0.4 is 10.5 Å². The smallest absolute Gasteiger partial charge is 0.328 e. The van der Waals surface area contributed by atoms with Crippen molar-refractivity contribution in [1.29, 1.82) is 0 Å². The first kappa shape index (κ1) is 13.3. The summed E-state index contributed by atoms with van der Waals surface area (Å²) >= 11 is 0. The molecule has 0 aliphatic rings. The van der Waals surface area contributed by atoms with E-state index < -0.39 is 12.0 Å². The normalized spacial score (nSPS) is 11.9. The minimum Gasteiger partial charge on any atom is -0.425 e. The zero-order chi connectivity index (χ0) is 13.7. The second-order valence-electron chi connectivity index (χ2n) is 4.53. The van der Waals surface area contributed by atoms with Crippen LogP contribution in [0.3, 0.4) is 0 Å². The third-order valence-corrected chi connectivity index (χ3v) is 2.84. The van der Waals surface area contributed by atoms with Gasteiger partial charge in [-0.1, -0.05) is 48.0 Å². The molecule has 2 aromatic rings. The number of aryl methyl sites for hydroxylation is 1. The first-order valence-electron chi connectivity index (χ1n) is 6.23. The van der Waals surface area contributed by atoms with Gasteiger partial charge in [-0.15, -0.1) is 0 Å². The summed E-state index contributed by atoms with van der Waals surface area (Å²) in [5.74, 6) is 0.117. The summed E-state index contributed by atoms with van der Waals surface area (Å²) in [6, 6.07) is 16.3. The van der Waals surface area contributed by atoms with E-state index in [0.29, 0.717) is 12.2 Å². The second kappa shape index (κ2) is 6.16. The molecule has 0 saturated heterocycles. The Kier molecular flexibility index (Phi) is 4.31. The summed E-state index contributed by atoms with van der Waals surface area (Å²) in [6.45, 7) is 1.98. The lowest BCUT2D eigenvalue weighted by atomic mass is 10.1. The Hall–Kier alpha value is -2.13. The van der Waals surface area contributed by atoms with Gasteiger partial charge < -0.3 is 10.5 Å². The van der Waals surface area contributed by atoms with E-state index in [1.807, 2.05) is 49.4 Å². The molecule has 19 heavy (non-hydrogen) atoms. The maximum absolute atomic E-state index is 11.9. The number of hydrogen-bond donors (Lipinski definition) is 1. The molecule has 0 aliphatic heterocycles. The average Bonchev–Trinajstić information content (AvgIpc) is 2.42. The number of carbonyl (C=O) groups is 1. The monoisotopic (exact) mass is 255 g/mol. The summed E-state index contributed by atoms with van der Waals surface area (Å²) < 4.78 is 5.24. The van der Waals surface area contributed by atoms with E-state index >= 15 is 0 Å². The molecular formula is C16H17NO2. The molecule has 1 atom stereocenters. The molecule has 2 rings (SSSR count). The van der Waals surface area contributed by atoms with E-state index in [2.05, 4.69) is 0 Å². The van der Waals surface area contributed by atoms with Crippen LogP contribution in [0, 0.1) is 6.92 Å². The Morgan fingerprint density at radius 3 is 2.37 bits per heavy atom. The average molecular weight is 255 g/mol. The highest BCUT2D eigenvalue weighted by Crippen LogP contribution is 2.12. The van der Waals surface area contributed by atoms with Crippen LogP contribution in [0.4, 0.5) is 0 Å².